The Bertz CT molecular complexity index is 419. The molecule has 0 spiro atoms. The third-order valence-corrected chi connectivity index (χ3v) is 5.20. The van der Waals surface area contributed by atoms with E-state index >= 15 is 0 Å². The number of unbranched alkanes of at least 4 members (excludes halogenated alkanes) is 14. The fourth-order valence-electron chi connectivity index (χ4n) is 3.33. The highest BCUT2D eigenvalue weighted by molar-refractivity contribution is 5.85. The van der Waals surface area contributed by atoms with Crippen LogP contribution in [0.4, 0.5) is 0 Å². The van der Waals surface area contributed by atoms with Gasteiger partial charge in [-0.2, -0.15) is 0 Å². The van der Waals surface area contributed by atoms with Crippen LogP contribution in [0.3, 0.4) is 0 Å². The van der Waals surface area contributed by atoms with Crippen molar-refractivity contribution in [2.24, 2.45) is 0 Å². The van der Waals surface area contributed by atoms with E-state index in [4.69, 9.17) is 4.74 Å². The van der Waals surface area contributed by atoms with Gasteiger partial charge in [-0.05, 0) is 19.3 Å². The Morgan fingerprint density at radius 2 is 0.793 bits per heavy atom. The van der Waals surface area contributed by atoms with Gasteiger partial charge >= 0.3 is 17.9 Å². The van der Waals surface area contributed by atoms with Crippen molar-refractivity contribution in [3.8, 4) is 0 Å². The minimum atomic E-state index is -0.377. The normalized spacial score (nSPS) is 10.7. The Labute approximate surface area is 178 Å². The summed E-state index contributed by atoms with van der Waals surface area (Å²) in [6, 6.07) is 0. The lowest BCUT2D eigenvalue weighted by Gasteiger charge is -2.04. The molecule has 170 valence electrons. The van der Waals surface area contributed by atoms with Gasteiger partial charge in [-0.15, -0.1) is 0 Å². The van der Waals surface area contributed by atoms with Gasteiger partial charge in [0.25, 0.3) is 0 Å². The van der Waals surface area contributed by atoms with Gasteiger partial charge in [0, 0.05) is 19.3 Å². The van der Waals surface area contributed by atoms with Crippen LogP contribution in [0.2, 0.25) is 0 Å². The van der Waals surface area contributed by atoms with Gasteiger partial charge in [-0.1, -0.05) is 90.4 Å². The van der Waals surface area contributed by atoms with Gasteiger partial charge in [0.05, 0.1) is 7.11 Å². The van der Waals surface area contributed by atoms with E-state index in [1.54, 1.807) is 0 Å². The molecule has 0 amide bonds. The van der Waals surface area contributed by atoms with Crippen LogP contribution in [0.15, 0.2) is 0 Å². The molecule has 0 aromatic carbocycles. The quantitative estimate of drug-likeness (QED) is 0.127. The second-order valence-corrected chi connectivity index (χ2v) is 7.98. The summed E-state index contributed by atoms with van der Waals surface area (Å²) in [5, 5.41) is 0. The summed E-state index contributed by atoms with van der Waals surface area (Å²) < 4.78 is 9.51. The van der Waals surface area contributed by atoms with Gasteiger partial charge in [0.2, 0.25) is 0 Å². The van der Waals surface area contributed by atoms with E-state index in [9.17, 15) is 14.4 Å². The Morgan fingerprint density at radius 1 is 0.483 bits per heavy atom. The zero-order valence-electron chi connectivity index (χ0n) is 19.0. The molecule has 0 aliphatic rings. The van der Waals surface area contributed by atoms with Gasteiger partial charge in [0.1, 0.15) is 0 Å². The summed E-state index contributed by atoms with van der Waals surface area (Å²) in [6.45, 7) is 2.21. The number of esters is 3. The van der Waals surface area contributed by atoms with Crippen molar-refractivity contribution in [1.82, 2.24) is 0 Å². The van der Waals surface area contributed by atoms with Crippen LogP contribution in [-0.4, -0.2) is 25.0 Å². The minimum absolute atomic E-state index is 0.131. The van der Waals surface area contributed by atoms with E-state index in [2.05, 4.69) is 11.7 Å². The van der Waals surface area contributed by atoms with Crippen molar-refractivity contribution in [2.75, 3.05) is 7.11 Å². The maximum absolute atomic E-state index is 11.7. The van der Waals surface area contributed by atoms with Crippen molar-refractivity contribution >= 4 is 17.9 Å². The van der Waals surface area contributed by atoms with Crippen LogP contribution >= 0.6 is 0 Å². The van der Waals surface area contributed by atoms with Crippen LogP contribution in [-0.2, 0) is 23.9 Å². The van der Waals surface area contributed by atoms with Crippen LogP contribution in [0.5, 0.6) is 0 Å². The summed E-state index contributed by atoms with van der Waals surface area (Å²) in [4.78, 5) is 34.4. The largest absolute Gasteiger partial charge is 0.469 e. The third kappa shape index (κ3) is 21.1. The predicted octanol–water partition coefficient (Wildman–Crippen LogP) is 6.66. The molecule has 0 saturated heterocycles. The molecule has 0 radical (unpaired) electrons. The van der Waals surface area contributed by atoms with Crippen molar-refractivity contribution in [1.29, 1.82) is 0 Å². The smallest absolute Gasteiger partial charge is 0.313 e. The zero-order valence-corrected chi connectivity index (χ0v) is 19.0. The van der Waals surface area contributed by atoms with E-state index in [-0.39, 0.29) is 17.9 Å². The standard InChI is InChI=1S/C24H44O5/c1-3-4-5-6-7-10-14-17-20-23(26)29-24(27)21-18-15-12-9-8-11-13-16-19-22(25)28-2/h3-21H2,1-2H3. The predicted molar refractivity (Wildman–Crippen MR) is 117 cm³/mol. The topological polar surface area (TPSA) is 69.7 Å². The molecule has 0 unspecified atom stereocenters. The van der Waals surface area contributed by atoms with Crippen molar-refractivity contribution < 1.29 is 23.9 Å². The first kappa shape index (κ1) is 27.6. The van der Waals surface area contributed by atoms with E-state index in [0.29, 0.717) is 19.3 Å². The summed E-state index contributed by atoms with van der Waals surface area (Å²) >= 11 is 0. The lowest BCUT2D eigenvalue weighted by Crippen LogP contribution is -2.11. The number of hydrogen-bond acceptors (Lipinski definition) is 5. The van der Waals surface area contributed by atoms with Gasteiger partial charge in [-0.25, -0.2) is 0 Å². The minimum Gasteiger partial charge on any atom is -0.469 e. The second-order valence-electron chi connectivity index (χ2n) is 7.98. The Morgan fingerprint density at radius 3 is 1.14 bits per heavy atom. The van der Waals surface area contributed by atoms with Crippen LogP contribution in [0.1, 0.15) is 129 Å². The number of ether oxygens (including phenoxy) is 2. The van der Waals surface area contributed by atoms with Crippen LogP contribution in [0.25, 0.3) is 0 Å². The fourth-order valence-corrected chi connectivity index (χ4v) is 3.33. The highest BCUT2D eigenvalue weighted by atomic mass is 16.6. The Hall–Kier alpha value is -1.39. The Balaban J connectivity index is 3.36. The van der Waals surface area contributed by atoms with Crippen LogP contribution in [0, 0.1) is 0 Å². The molecular weight excluding hydrogens is 368 g/mol. The van der Waals surface area contributed by atoms with Gasteiger partial charge in [0.15, 0.2) is 0 Å². The fraction of sp³-hybridized carbons (Fsp3) is 0.875. The van der Waals surface area contributed by atoms with E-state index in [0.717, 1.165) is 70.6 Å². The molecule has 0 atom stereocenters. The third-order valence-electron chi connectivity index (χ3n) is 5.20. The highest BCUT2D eigenvalue weighted by Gasteiger charge is 2.09. The molecule has 5 nitrogen and oxygen atoms in total. The lowest BCUT2D eigenvalue weighted by atomic mass is 10.1. The first-order valence-electron chi connectivity index (χ1n) is 11.9. The molecule has 0 N–H and O–H groups in total. The SMILES string of the molecule is CCCCCCCCCCC(=O)OC(=O)CCCCCCCCCCC(=O)OC. The summed E-state index contributed by atoms with van der Waals surface area (Å²) in [5.41, 5.74) is 0. The molecule has 0 heterocycles. The maximum Gasteiger partial charge on any atom is 0.313 e. The first-order valence-corrected chi connectivity index (χ1v) is 11.9. The number of carbonyl (C=O) groups excluding carboxylic acids is 3. The Kier molecular flexibility index (Phi) is 20.3. The number of hydrogen-bond donors (Lipinski definition) is 0. The van der Waals surface area contributed by atoms with Crippen molar-refractivity contribution in [2.45, 2.75) is 129 Å². The number of rotatable bonds is 20. The highest BCUT2D eigenvalue weighted by Crippen LogP contribution is 2.12. The molecule has 5 heteroatoms. The van der Waals surface area contributed by atoms with E-state index in [1.165, 1.54) is 39.2 Å². The summed E-state index contributed by atoms with van der Waals surface area (Å²) in [7, 11) is 1.42. The average molecular weight is 413 g/mol. The monoisotopic (exact) mass is 412 g/mol. The van der Waals surface area contributed by atoms with E-state index in [1.807, 2.05) is 0 Å². The molecule has 0 fully saturated rings. The van der Waals surface area contributed by atoms with Gasteiger partial charge in [-0.3, -0.25) is 14.4 Å². The molecule has 29 heavy (non-hydrogen) atoms. The molecule has 0 rings (SSSR count). The van der Waals surface area contributed by atoms with Crippen molar-refractivity contribution in [3.05, 3.63) is 0 Å². The summed E-state index contributed by atoms with van der Waals surface area (Å²) in [6.07, 6.45) is 18.9. The molecule has 0 aromatic heterocycles. The van der Waals surface area contributed by atoms with Gasteiger partial charge < -0.3 is 9.47 Å². The molecule has 0 saturated carbocycles. The molecular formula is C24H44O5. The van der Waals surface area contributed by atoms with E-state index < -0.39 is 0 Å². The zero-order chi connectivity index (χ0) is 21.6. The number of carbonyl (C=O) groups is 3. The lowest BCUT2D eigenvalue weighted by molar-refractivity contribution is -0.159. The second kappa shape index (κ2) is 21.3. The van der Waals surface area contributed by atoms with Crippen LogP contribution < -0.4 is 0 Å². The summed E-state index contributed by atoms with van der Waals surface area (Å²) in [5.74, 6) is -0.876. The first-order chi connectivity index (χ1) is 14.1. The molecule has 0 bridgehead atoms. The van der Waals surface area contributed by atoms with Crippen molar-refractivity contribution in [3.63, 3.8) is 0 Å². The molecule has 0 aliphatic carbocycles. The molecule has 0 aromatic rings. The number of methoxy groups -OCH3 is 1. The molecule has 0 aliphatic heterocycles. The maximum atomic E-state index is 11.7. The average Bonchev–Trinajstić information content (AvgIpc) is 2.71.